The lowest BCUT2D eigenvalue weighted by Crippen LogP contribution is -2.00. The summed E-state index contributed by atoms with van der Waals surface area (Å²) in [6.07, 6.45) is 1.68. The molecule has 0 saturated carbocycles. The Bertz CT molecular complexity index is 945. The van der Waals surface area contributed by atoms with E-state index in [-0.39, 0.29) is 0 Å². The molecule has 3 aromatic rings. The number of nitrogens with zero attached hydrogens (tertiary/aromatic N) is 2. The highest BCUT2D eigenvalue weighted by Gasteiger charge is 2.13. The van der Waals surface area contributed by atoms with Crippen molar-refractivity contribution in [2.75, 3.05) is 33.4 Å². The van der Waals surface area contributed by atoms with E-state index in [1.165, 1.54) is 11.3 Å². The van der Waals surface area contributed by atoms with Crippen molar-refractivity contribution in [2.45, 2.75) is 6.92 Å². The first kappa shape index (κ1) is 20.5. The van der Waals surface area contributed by atoms with Gasteiger partial charge in [-0.1, -0.05) is 0 Å². The molecule has 1 heterocycles. The van der Waals surface area contributed by atoms with Crippen molar-refractivity contribution in [3.05, 3.63) is 47.3 Å². The first-order valence-corrected chi connectivity index (χ1v) is 9.84. The van der Waals surface area contributed by atoms with E-state index in [1.807, 2.05) is 48.7 Å². The molecule has 0 aliphatic carbocycles. The zero-order valence-corrected chi connectivity index (χ0v) is 17.6. The van der Waals surface area contributed by atoms with Gasteiger partial charge in [-0.2, -0.15) is 5.10 Å². The second-order valence-electron chi connectivity index (χ2n) is 5.82. The molecule has 0 aliphatic heterocycles. The molecule has 0 fully saturated rings. The third-order valence-corrected chi connectivity index (χ3v) is 4.78. The predicted molar refractivity (Wildman–Crippen MR) is 116 cm³/mol. The highest BCUT2D eigenvalue weighted by Crippen LogP contribution is 2.38. The average molecular weight is 413 g/mol. The van der Waals surface area contributed by atoms with Crippen molar-refractivity contribution < 1.29 is 18.9 Å². The molecule has 7 nitrogen and oxygen atoms in total. The van der Waals surface area contributed by atoms with E-state index in [0.29, 0.717) is 29.0 Å². The van der Waals surface area contributed by atoms with Crippen LogP contribution < -0.4 is 24.4 Å². The van der Waals surface area contributed by atoms with E-state index in [2.05, 4.69) is 15.5 Å². The summed E-state index contributed by atoms with van der Waals surface area (Å²) in [5.74, 6) is 2.56. The summed E-state index contributed by atoms with van der Waals surface area (Å²) in [6, 6.07) is 11.4. The fourth-order valence-corrected chi connectivity index (χ4v) is 3.31. The molecule has 0 radical (unpaired) electrons. The molecule has 0 atom stereocenters. The lowest BCUT2D eigenvalue weighted by molar-refractivity contribution is 0.288. The maximum Gasteiger partial charge on any atom is 0.203 e. The van der Waals surface area contributed by atoms with Gasteiger partial charge >= 0.3 is 0 Å². The second-order valence-corrected chi connectivity index (χ2v) is 6.68. The van der Waals surface area contributed by atoms with Crippen LogP contribution in [-0.4, -0.2) is 39.1 Å². The Kier molecular flexibility index (Phi) is 6.91. The van der Waals surface area contributed by atoms with Gasteiger partial charge in [0.2, 0.25) is 10.9 Å². The Morgan fingerprint density at radius 2 is 1.72 bits per heavy atom. The Morgan fingerprint density at radius 1 is 1.03 bits per heavy atom. The van der Waals surface area contributed by atoms with E-state index in [9.17, 15) is 0 Å². The van der Waals surface area contributed by atoms with Crippen molar-refractivity contribution in [1.82, 2.24) is 4.98 Å². The number of hydrogen-bond donors (Lipinski definition) is 1. The Labute approximate surface area is 173 Å². The molecule has 0 unspecified atom stereocenters. The fourth-order valence-electron chi connectivity index (χ4n) is 2.64. The molecule has 3 rings (SSSR count). The minimum Gasteiger partial charge on any atom is -0.497 e. The van der Waals surface area contributed by atoms with Gasteiger partial charge in [0.05, 0.1) is 39.8 Å². The molecule has 1 N–H and O–H groups in total. The number of hydrazone groups is 1. The number of anilines is 1. The molecule has 0 bridgehead atoms. The van der Waals surface area contributed by atoms with E-state index in [0.717, 1.165) is 22.6 Å². The number of rotatable bonds is 9. The van der Waals surface area contributed by atoms with Gasteiger partial charge < -0.3 is 18.9 Å². The number of aromatic nitrogens is 1. The molecule has 8 heteroatoms. The number of benzene rings is 2. The minimum absolute atomic E-state index is 0.516. The lowest BCUT2D eigenvalue weighted by atomic mass is 10.2. The number of ether oxygens (including phenoxy) is 4. The molecule has 152 valence electrons. The molecule has 0 spiro atoms. The molecule has 29 heavy (non-hydrogen) atoms. The van der Waals surface area contributed by atoms with Crippen molar-refractivity contribution >= 4 is 22.7 Å². The van der Waals surface area contributed by atoms with E-state index in [1.54, 1.807) is 27.5 Å². The van der Waals surface area contributed by atoms with Gasteiger partial charge in [-0.05, 0) is 43.3 Å². The highest BCUT2D eigenvalue weighted by atomic mass is 32.1. The van der Waals surface area contributed by atoms with E-state index in [4.69, 9.17) is 18.9 Å². The van der Waals surface area contributed by atoms with Gasteiger partial charge in [-0.25, -0.2) is 4.98 Å². The fraction of sp³-hybridized carbons (Fsp3) is 0.238. The Hall–Kier alpha value is -3.26. The van der Waals surface area contributed by atoms with Crippen LogP contribution in [0.5, 0.6) is 23.0 Å². The first-order chi connectivity index (χ1) is 14.2. The van der Waals surface area contributed by atoms with Crippen LogP contribution >= 0.6 is 11.3 Å². The Balaban J connectivity index is 1.72. The van der Waals surface area contributed by atoms with Crippen LogP contribution in [0.15, 0.2) is 46.9 Å². The maximum absolute atomic E-state index is 5.61. The largest absolute Gasteiger partial charge is 0.497 e. The van der Waals surface area contributed by atoms with Gasteiger partial charge in [-0.15, -0.1) is 11.3 Å². The van der Waals surface area contributed by atoms with Crippen molar-refractivity contribution in [3.8, 4) is 34.3 Å². The van der Waals surface area contributed by atoms with Crippen molar-refractivity contribution in [3.63, 3.8) is 0 Å². The average Bonchev–Trinajstić information content (AvgIpc) is 3.23. The number of nitrogens with one attached hydrogen (secondary N) is 1. The summed E-state index contributed by atoms with van der Waals surface area (Å²) in [5.41, 5.74) is 5.66. The smallest absolute Gasteiger partial charge is 0.203 e. The summed E-state index contributed by atoms with van der Waals surface area (Å²) in [6.45, 7) is 2.43. The van der Waals surface area contributed by atoms with Crippen LogP contribution in [0.25, 0.3) is 11.3 Å². The van der Waals surface area contributed by atoms with Crippen LogP contribution in [0.1, 0.15) is 12.5 Å². The van der Waals surface area contributed by atoms with Crippen molar-refractivity contribution in [1.29, 1.82) is 0 Å². The molecule has 0 saturated heterocycles. The highest BCUT2D eigenvalue weighted by molar-refractivity contribution is 7.14. The first-order valence-electron chi connectivity index (χ1n) is 8.96. The zero-order valence-electron chi connectivity index (χ0n) is 16.8. The molecular formula is C21H23N3O4S. The van der Waals surface area contributed by atoms with E-state index >= 15 is 0 Å². The van der Waals surface area contributed by atoms with Gasteiger partial charge in [0.1, 0.15) is 5.75 Å². The van der Waals surface area contributed by atoms with Gasteiger partial charge in [0.25, 0.3) is 0 Å². The Morgan fingerprint density at radius 3 is 2.31 bits per heavy atom. The molecule has 0 aliphatic rings. The number of hydrogen-bond acceptors (Lipinski definition) is 8. The molecular weight excluding hydrogens is 390 g/mol. The van der Waals surface area contributed by atoms with Gasteiger partial charge in [-0.3, -0.25) is 5.43 Å². The zero-order chi connectivity index (χ0) is 20.6. The normalized spacial score (nSPS) is 10.8. The third-order valence-electron chi connectivity index (χ3n) is 4.04. The van der Waals surface area contributed by atoms with Crippen LogP contribution in [0, 0.1) is 0 Å². The second kappa shape index (κ2) is 9.79. The van der Waals surface area contributed by atoms with E-state index < -0.39 is 0 Å². The summed E-state index contributed by atoms with van der Waals surface area (Å²) in [7, 11) is 4.83. The van der Waals surface area contributed by atoms with Crippen LogP contribution in [0.3, 0.4) is 0 Å². The summed E-state index contributed by atoms with van der Waals surface area (Å²) in [4.78, 5) is 4.56. The summed E-state index contributed by atoms with van der Waals surface area (Å²) >= 11 is 1.48. The monoisotopic (exact) mass is 413 g/mol. The standard InChI is InChI=1S/C21H23N3O4S/c1-5-28-20-18(26-3)10-14(11-19(20)27-4)12-22-24-21-23-17(13-29-21)15-6-8-16(25-2)9-7-15/h6-13H,5H2,1-4H3,(H,23,24)/b22-12-. The van der Waals surface area contributed by atoms with Crippen LogP contribution in [-0.2, 0) is 0 Å². The lowest BCUT2D eigenvalue weighted by Gasteiger charge is -2.14. The van der Waals surface area contributed by atoms with Crippen molar-refractivity contribution in [2.24, 2.45) is 5.10 Å². The summed E-state index contributed by atoms with van der Waals surface area (Å²) in [5, 5.41) is 6.94. The SMILES string of the molecule is CCOc1c(OC)cc(/C=N\Nc2nc(-c3ccc(OC)cc3)cs2)cc1OC. The molecule has 0 amide bonds. The minimum atomic E-state index is 0.516. The van der Waals surface area contributed by atoms with Gasteiger partial charge in [0, 0.05) is 16.5 Å². The topological polar surface area (TPSA) is 74.2 Å². The quantitative estimate of drug-likeness (QED) is 0.406. The third kappa shape index (κ3) is 4.97. The predicted octanol–water partition coefficient (Wildman–Crippen LogP) is 4.68. The van der Waals surface area contributed by atoms with Crippen LogP contribution in [0.4, 0.5) is 5.13 Å². The molecule has 1 aromatic heterocycles. The number of thiazole rings is 1. The van der Waals surface area contributed by atoms with Crippen LogP contribution in [0.2, 0.25) is 0 Å². The summed E-state index contributed by atoms with van der Waals surface area (Å²) < 4.78 is 21.6. The number of methoxy groups -OCH3 is 3. The maximum atomic E-state index is 5.61. The van der Waals surface area contributed by atoms with Gasteiger partial charge in [0.15, 0.2) is 11.5 Å². The molecule has 2 aromatic carbocycles.